The average molecular weight is 1060 g/mol. The van der Waals surface area contributed by atoms with Crippen LogP contribution in [0.2, 0.25) is 0 Å². The van der Waals surface area contributed by atoms with Crippen molar-refractivity contribution in [2.75, 3.05) is 19.8 Å². The normalized spacial score (nSPS) is 13.3. The van der Waals surface area contributed by atoms with E-state index in [2.05, 4.69) is 85.9 Å². The molecule has 1 heterocycles. The fraction of sp³-hybridized carbons (Fsp3) is 0.563. The molecule has 0 saturated carbocycles. The van der Waals surface area contributed by atoms with Gasteiger partial charge in [-0.25, -0.2) is 4.79 Å². The van der Waals surface area contributed by atoms with Gasteiger partial charge in [0.05, 0.1) is 19.3 Å². The number of carbonyl (C=O) groups is 1. The summed E-state index contributed by atoms with van der Waals surface area (Å²) in [5.74, 6) is 3.61. The van der Waals surface area contributed by atoms with Gasteiger partial charge in [0.25, 0.3) is 0 Å². The van der Waals surface area contributed by atoms with E-state index in [1.165, 1.54) is 215 Å². The molecule has 5 aromatic carbocycles. The van der Waals surface area contributed by atoms with Crippen LogP contribution in [0.3, 0.4) is 0 Å². The Morgan fingerprint density at radius 2 is 0.821 bits per heavy atom. The first-order chi connectivity index (χ1) is 38.6. The second kappa shape index (κ2) is 36.0. The number of benzene rings is 5. The first-order valence-corrected chi connectivity index (χ1v) is 31.7. The molecule has 7 heteroatoms. The van der Waals surface area contributed by atoms with Gasteiger partial charge in [0, 0.05) is 29.2 Å². The Labute approximate surface area is 472 Å². The van der Waals surface area contributed by atoms with Gasteiger partial charge in [0.2, 0.25) is 0 Å². The highest BCUT2D eigenvalue weighted by atomic mass is 16.5. The molecular weight excluding hydrogens is 963 g/mol. The summed E-state index contributed by atoms with van der Waals surface area (Å²) in [6.45, 7) is 6.54. The molecule has 7 rings (SSSR count). The summed E-state index contributed by atoms with van der Waals surface area (Å²) in [6, 6.07) is 36.3. The average Bonchev–Trinajstić information content (AvgIpc) is 3.94. The van der Waals surface area contributed by atoms with Crippen LogP contribution >= 0.6 is 0 Å². The Morgan fingerprint density at radius 3 is 1.29 bits per heavy atom. The number of hydrogen-bond donors (Lipinski definition) is 1. The third kappa shape index (κ3) is 20.7. The summed E-state index contributed by atoms with van der Waals surface area (Å²) in [6.07, 6.45) is 42.7. The maximum absolute atomic E-state index is 13.7. The second-order valence-electron chi connectivity index (χ2n) is 22.6. The highest BCUT2D eigenvalue weighted by molar-refractivity contribution is 5.79. The molecule has 0 radical (unpaired) electrons. The quantitative estimate of drug-likeness (QED) is 0.0393. The molecule has 1 aliphatic carbocycles. The number of nitrogens with one attached hydrogen (secondary N) is 1. The van der Waals surface area contributed by atoms with Crippen LogP contribution in [0.4, 0.5) is 4.79 Å². The molecule has 0 fully saturated rings. The van der Waals surface area contributed by atoms with Crippen LogP contribution in [0.15, 0.2) is 109 Å². The van der Waals surface area contributed by atoms with Gasteiger partial charge in [-0.05, 0) is 71.0 Å². The summed E-state index contributed by atoms with van der Waals surface area (Å²) in [4.78, 5) is 13.7. The number of fused-ring (bicyclic) bond motifs is 5. The fourth-order valence-electron chi connectivity index (χ4n) is 11.7. The summed E-state index contributed by atoms with van der Waals surface area (Å²) in [7, 11) is 0. The Balaban J connectivity index is 0.867. The number of alkyl carbamates (subject to hydrolysis) is 1. The Hall–Kier alpha value is -5.43. The summed E-state index contributed by atoms with van der Waals surface area (Å²) >= 11 is 0. The van der Waals surface area contributed by atoms with E-state index in [1.807, 2.05) is 42.5 Å². The second-order valence-corrected chi connectivity index (χ2v) is 22.6. The Bertz CT molecular complexity index is 2350. The number of ether oxygens (including phenoxy) is 5. The maximum atomic E-state index is 13.7. The van der Waals surface area contributed by atoms with E-state index in [0.29, 0.717) is 37.1 Å². The molecule has 1 aliphatic heterocycles. The Morgan fingerprint density at radius 1 is 0.410 bits per heavy atom. The first kappa shape index (κ1) is 60.2. The minimum Gasteiger partial charge on any atom is -0.493 e. The van der Waals surface area contributed by atoms with Gasteiger partial charge >= 0.3 is 6.09 Å². The predicted molar refractivity (Wildman–Crippen MR) is 324 cm³/mol. The van der Waals surface area contributed by atoms with Crippen molar-refractivity contribution in [2.45, 2.75) is 238 Å². The van der Waals surface area contributed by atoms with E-state index in [-0.39, 0.29) is 12.5 Å². The van der Waals surface area contributed by atoms with Crippen molar-refractivity contribution in [3.63, 3.8) is 0 Å². The summed E-state index contributed by atoms with van der Waals surface area (Å²) in [5.41, 5.74) is 7.45. The smallest absolute Gasteiger partial charge is 0.407 e. The number of carbonyl (C=O) groups excluding carboxylic acids is 1. The van der Waals surface area contributed by atoms with Crippen LogP contribution in [0, 0.1) is 0 Å². The third-order valence-electron chi connectivity index (χ3n) is 16.2. The monoisotopic (exact) mass is 1060 g/mol. The molecule has 2 aliphatic rings. The first-order valence-electron chi connectivity index (χ1n) is 31.7. The van der Waals surface area contributed by atoms with Crippen molar-refractivity contribution in [3.05, 3.63) is 137 Å². The molecule has 0 saturated heterocycles. The van der Waals surface area contributed by atoms with Crippen molar-refractivity contribution in [3.8, 4) is 39.9 Å². The van der Waals surface area contributed by atoms with E-state index >= 15 is 0 Å². The maximum Gasteiger partial charge on any atom is 0.407 e. The Kier molecular flexibility index (Phi) is 27.8. The van der Waals surface area contributed by atoms with Crippen molar-refractivity contribution in [1.82, 2.24) is 5.32 Å². The van der Waals surface area contributed by atoms with Crippen molar-refractivity contribution >= 4 is 6.09 Å². The van der Waals surface area contributed by atoms with E-state index in [9.17, 15) is 4.79 Å². The predicted octanol–water partition coefficient (Wildman–Crippen LogP) is 21.3. The zero-order valence-electron chi connectivity index (χ0n) is 48.5. The van der Waals surface area contributed by atoms with Gasteiger partial charge in [0.15, 0.2) is 0 Å². The molecule has 7 nitrogen and oxygen atoms in total. The molecule has 0 spiro atoms. The van der Waals surface area contributed by atoms with Crippen molar-refractivity contribution in [1.29, 1.82) is 0 Å². The molecule has 1 unspecified atom stereocenters. The fourth-order valence-corrected chi connectivity index (χ4v) is 11.7. The van der Waals surface area contributed by atoms with E-state index < -0.39 is 12.1 Å². The molecule has 1 atom stereocenters. The summed E-state index contributed by atoms with van der Waals surface area (Å²) in [5, 5.41) is 3.18. The third-order valence-corrected chi connectivity index (χ3v) is 16.2. The van der Waals surface area contributed by atoms with Crippen LogP contribution in [0.5, 0.6) is 28.7 Å². The molecule has 1 amide bonds. The molecule has 424 valence electrons. The van der Waals surface area contributed by atoms with Gasteiger partial charge < -0.3 is 29.0 Å². The van der Waals surface area contributed by atoms with E-state index in [4.69, 9.17) is 23.7 Å². The number of para-hydroxylation sites is 1. The van der Waals surface area contributed by atoms with Gasteiger partial charge in [-0.1, -0.05) is 273 Å². The molecular formula is C71H99NO6. The zero-order chi connectivity index (χ0) is 54.1. The van der Waals surface area contributed by atoms with Crippen LogP contribution in [0.1, 0.15) is 259 Å². The molecule has 0 bridgehead atoms. The van der Waals surface area contributed by atoms with Crippen LogP contribution in [-0.2, 0) is 11.3 Å². The SMILES string of the molecule is CCCCCCCCCCCCCCCCCCOc1cc(COc2ccc3c(c2)Oc2ccccc2C3NC(=O)OCC2c3ccccc3-c3ccccc32)cc(OCCCCCCCCCCCCCCCCCC)c1. The van der Waals surface area contributed by atoms with Gasteiger partial charge in [0.1, 0.15) is 42.0 Å². The van der Waals surface area contributed by atoms with Crippen LogP contribution < -0.4 is 24.3 Å². The zero-order valence-corrected chi connectivity index (χ0v) is 48.5. The lowest BCUT2D eigenvalue weighted by molar-refractivity contribution is 0.140. The number of unbranched alkanes of at least 4 members (excludes halogenated alkanes) is 30. The molecule has 0 aromatic heterocycles. The van der Waals surface area contributed by atoms with Crippen molar-refractivity contribution < 1.29 is 28.5 Å². The van der Waals surface area contributed by atoms with Gasteiger partial charge in [-0.3, -0.25) is 0 Å². The van der Waals surface area contributed by atoms with E-state index in [0.717, 1.165) is 41.0 Å². The number of rotatable bonds is 42. The number of hydrogen-bond acceptors (Lipinski definition) is 6. The molecule has 5 aromatic rings. The molecule has 1 N–H and O–H groups in total. The lowest BCUT2D eigenvalue weighted by atomic mass is 9.94. The lowest BCUT2D eigenvalue weighted by Crippen LogP contribution is -2.32. The topological polar surface area (TPSA) is 75.2 Å². The van der Waals surface area contributed by atoms with Crippen LogP contribution in [-0.4, -0.2) is 25.9 Å². The minimum absolute atomic E-state index is 0.0284. The van der Waals surface area contributed by atoms with Gasteiger partial charge in [-0.2, -0.15) is 0 Å². The van der Waals surface area contributed by atoms with Crippen LogP contribution in [0.25, 0.3) is 11.1 Å². The standard InChI is InChI=1S/C71H99NO6/c1-3-5-7-9-11-13-15-17-19-21-23-25-27-29-31-39-49-74-59-51-57(52-60(53-59)75-50-40-32-30-28-26-24-22-20-18-16-14-12-10-8-6-4-2)55-76-58-47-48-66-69(54-58)78-68-46-38-37-45-65(68)70(66)72-71(73)77-56-67-63-43-35-33-41-61(63)62-42-34-36-44-64(62)67/h33-38,41-48,51-54,67,70H,3-32,39-40,49-50,55-56H2,1-2H3,(H,72,73). The van der Waals surface area contributed by atoms with Gasteiger partial charge in [-0.15, -0.1) is 0 Å². The van der Waals surface area contributed by atoms with Crippen molar-refractivity contribution in [2.24, 2.45) is 0 Å². The lowest BCUT2D eigenvalue weighted by Gasteiger charge is -2.29. The molecule has 78 heavy (non-hydrogen) atoms. The minimum atomic E-state index is -0.477. The highest BCUT2D eigenvalue weighted by Gasteiger charge is 2.32. The summed E-state index contributed by atoms with van der Waals surface area (Å²) < 4.78 is 31.8. The number of amides is 1. The largest absolute Gasteiger partial charge is 0.493 e. The van der Waals surface area contributed by atoms with E-state index in [1.54, 1.807) is 0 Å². The highest BCUT2D eigenvalue weighted by Crippen LogP contribution is 2.46.